The number of aryl methyl sites for hydroxylation is 2. The number of carbonyl (C=O) groups excluding carboxylic acids is 1. The zero-order valence-electron chi connectivity index (χ0n) is 9.02. The molecule has 0 aliphatic rings. The monoisotopic (exact) mass is 207 g/mol. The number of carbonyl (C=O) groups is 1. The van der Waals surface area contributed by atoms with Crippen molar-refractivity contribution >= 4 is 11.7 Å². The summed E-state index contributed by atoms with van der Waals surface area (Å²) in [4.78, 5) is 15.8. The van der Waals surface area contributed by atoms with Gasteiger partial charge in [-0.1, -0.05) is 0 Å². The fraction of sp³-hybridized carbons (Fsp3) is 0.400. The van der Waals surface area contributed by atoms with Crippen molar-refractivity contribution in [1.29, 1.82) is 0 Å². The Morgan fingerprint density at radius 1 is 1.53 bits per heavy atom. The standard InChI is InChI=1S/C10H13N3O2/c1-4-15-9(14)8-6-13-5-7(2)11-10(13)12(8)3/h5-6H,4H2,1-3H3. The molecule has 2 aromatic rings. The molecule has 0 amide bonds. The lowest BCUT2D eigenvalue weighted by molar-refractivity contribution is 0.0515. The second kappa shape index (κ2) is 3.42. The van der Waals surface area contributed by atoms with E-state index in [2.05, 4.69) is 4.98 Å². The van der Waals surface area contributed by atoms with Gasteiger partial charge in [0, 0.05) is 19.4 Å². The highest BCUT2D eigenvalue weighted by molar-refractivity contribution is 5.88. The van der Waals surface area contributed by atoms with E-state index in [0.29, 0.717) is 12.3 Å². The van der Waals surface area contributed by atoms with Crippen LogP contribution in [-0.2, 0) is 11.8 Å². The quantitative estimate of drug-likeness (QED) is 0.694. The second-order valence-corrected chi connectivity index (χ2v) is 3.38. The number of imidazole rings is 2. The Labute approximate surface area is 87.3 Å². The first-order valence-corrected chi connectivity index (χ1v) is 4.81. The van der Waals surface area contributed by atoms with E-state index in [1.807, 2.05) is 17.5 Å². The van der Waals surface area contributed by atoms with Crippen LogP contribution in [0.1, 0.15) is 23.1 Å². The number of hydrogen-bond acceptors (Lipinski definition) is 3. The van der Waals surface area contributed by atoms with Gasteiger partial charge in [-0.3, -0.25) is 4.40 Å². The van der Waals surface area contributed by atoms with Gasteiger partial charge in [-0.2, -0.15) is 0 Å². The summed E-state index contributed by atoms with van der Waals surface area (Å²) < 4.78 is 8.49. The largest absolute Gasteiger partial charge is 0.461 e. The molecule has 0 aliphatic carbocycles. The van der Waals surface area contributed by atoms with Crippen LogP contribution in [0.2, 0.25) is 0 Å². The zero-order chi connectivity index (χ0) is 11.0. The van der Waals surface area contributed by atoms with Crippen molar-refractivity contribution in [2.24, 2.45) is 7.05 Å². The van der Waals surface area contributed by atoms with Crippen molar-refractivity contribution in [2.45, 2.75) is 13.8 Å². The molecule has 0 saturated heterocycles. The van der Waals surface area contributed by atoms with Crippen LogP contribution in [0.3, 0.4) is 0 Å². The highest BCUT2D eigenvalue weighted by atomic mass is 16.5. The highest BCUT2D eigenvalue weighted by Crippen LogP contribution is 2.10. The van der Waals surface area contributed by atoms with Gasteiger partial charge in [0.2, 0.25) is 5.78 Å². The van der Waals surface area contributed by atoms with Crippen LogP contribution >= 0.6 is 0 Å². The summed E-state index contributed by atoms with van der Waals surface area (Å²) >= 11 is 0. The second-order valence-electron chi connectivity index (χ2n) is 3.38. The Morgan fingerprint density at radius 3 is 2.87 bits per heavy atom. The Kier molecular flexibility index (Phi) is 2.22. The molecule has 15 heavy (non-hydrogen) atoms. The lowest BCUT2D eigenvalue weighted by Crippen LogP contribution is -2.09. The van der Waals surface area contributed by atoms with Gasteiger partial charge in [-0.25, -0.2) is 9.78 Å². The van der Waals surface area contributed by atoms with E-state index in [4.69, 9.17) is 4.74 Å². The molecule has 0 unspecified atom stereocenters. The average Bonchev–Trinajstić information content (AvgIpc) is 2.66. The number of rotatable bonds is 2. The molecule has 0 saturated carbocycles. The molecule has 5 heteroatoms. The number of nitrogens with zero attached hydrogens (tertiary/aromatic N) is 3. The van der Waals surface area contributed by atoms with Crippen LogP contribution in [-0.4, -0.2) is 26.5 Å². The third-order valence-electron chi connectivity index (χ3n) is 2.24. The molecule has 0 radical (unpaired) electrons. The van der Waals surface area contributed by atoms with Crippen molar-refractivity contribution in [3.05, 3.63) is 23.8 Å². The van der Waals surface area contributed by atoms with E-state index in [-0.39, 0.29) is 5.97 Å². The Morgan fingerprint density at radius 2 is 2.27 bits per heavy atom. The van der Waals surface area contributed by atoms with Crippen molar-refractivity contribution < 1.29 is 9.53 Å². The van der Waals surface area contributed by atoms with Gasteiger partial charge in [0.15, 0.2) is 0 Å². The van der Waals surface area contributed by atoms with Crippen LogP contribution < -0.4 is 0 Å². The van der Waals surface area contributed by atoms with Crippen molar-refractivity contribution in [3.8, 4) is 0 Å². The molecule has 0 fully saturated rings. The lowest BCUT2D eigenvalue weighted by atomic mass is 10.5. The van der Waals surface area contributed by atoms with E-state index >= 15 is 0 Å². The molecule has 0 N–H and O–H groups in total. The summed E-state index contributed by atoms with van der Waals surface area (Å²) in [5.74, 6) is 0.429. The summed E-state index contributed by atoms with van der Waals surface area (Å²) in [6, 6.07) is 0. The Bertz CT molecular complexity index is 510. The summed E-state index contributed by atoms with van der Waals surface area (Å²) in [6.45, 7) is 4.08. The predicted octanol–water partition coefficient (Wildman–Crippen LogP) is 1.16. The zero-order valence-corrected chi connectivity index (χ0v) is 9.02. The van der Waals surface area contributed by atoms with Gasteiger partial charge >= 0.3 is 5.97 Å². The predicted molar refractivity (Wildman–Crippen MR) is 54.9 cm³/mol. The molecule has 0 aliphatic heterocycles. The van der Waals surface area contributed by atoms with Gasteiger partial charge in [-0.05, 0) is 13.8 Å². The summed E-state index contributed by atoms with van der Waals surface area (Å²) in [5, 5.41) is 0. The average molecular weight is 207 g/mol. The van der Waals surface area contributed by atoms with E-state index in [1.165, 1.54) is 0 Å². The highest BCUT2D eigenvalue weighted by Gasteiger charge is 2.15. The molecule has 2 rings (SSSR count). The van der Waals surface area contributed by atoms with Crippen molar-refractivity contribution in [1.82, 2.24) is 14.0 Å². The fourth-order valence-electron chi connectivity index (χ4n) is 1.57. The van der Waals surface area contributed by atoms with E-state index in [1.54, 1.807) is 24.7 Å². The number of esters is 1. The molecule has 80 valence electrons. The van der Waals surface area contributed by atoms with Gasteiger partial charge in [0.25, 0.3) is 0 Å². The molecular weight excluding hydrogens is 194 g/mol. The summed E-state index contributed by atoms with van der Waals surface area (Å²) in [6.07, 6.45) is 3.60. The number of hydrogen-bond donors (Lipinski definition) is 0. The third kappa shape index (κ3) is 1.49. The summed E-state index contributed by atoms with van der Waals surface area (Å²) in [7, 11) is 1.80. The topological polar surface area (TPSA) is 48.5 Å². The Hall–Kier alpha value is -1.78. The first kappa shape index (κ1) is 9.76. The van der Waals surface area contributed by atoms with Gasteiger partial charge in [0.05, 0.1) is 12.3 Å². The minimum atomic E-state index is -0.317. The minimum Gasteiger partial charge on any atom is -0.461 e. The van der Waals surface area contributed by atoms with E-state index in [0.717, 1.165) is 11.5 Å². The number of ether oxygens (including phenoxy) is 1. The molecule has 2 aromatic heterocycles. The third-order valence-corrected chi connectivity index (χ3v) is 2.24. The Balaban J connectivity index is 2.49. The maximum absolute atomic E-state index is 11.5. The molecular formula is C10H13N3O2. The van der Waals surface area contributed by atoms with Gasteiger partial charge < -0.3 is 9.30 Å². The first-order valence-electron chi connectivity index (χ1n) is 4.81. The van der Waals surface area contributed by atoms with Crippen molar-refractivity contribution in [2.75, 3.05) is 6.61 Å². The normalized spacial score (nSPS) is 10.9. The minimum absolute atomic E-state index is 0.317. The molecule has 0 bridgehead atoms. The summed E-state index contributed by atoms with van der Waals surface area (Å²) in [5.41, 5.74) is 1.44. The van der Waals surface area contributed by atoms with E-state index in [9.17, 15) is 4.79 Å². The smallest absolute Gasteiger partial charge is 0.356 e. The van der Waals surface area contributed by atoms with Crippen molar-refractivity contribution in [3.63, 3.8) is 0 Å². The molecule has 0 atom stereocenters. The SMILES string of the molecule is CCOC(=O)c1cn2cc(C)nc2n1C. The maximum Gasteiger partial charge on any atom is 0.356 e. The number of aromatic nitrogens is 3. The van der Waals surface area contributed by atoms with Crippen LogP contribution in [0.4, 0.5) is 0 Å². The number of fused-ring (bicyclic) bond motifs is 1. The van der Waals surface area contributed by atoms with Gasteiger partial charge in [0.1, 0.15) is 5.69 Å². The van der Waals surface area contributed by atoms with Crippen LogP contribution in [0.5, 0.6) is 0 Å². The van der Waals surface area contributed by atoms with Crippen LogP contribution in [0.25, 0.3) is 5.78 Å². The fourth-order valence-corrected chi connectivity index (χ4v) is 1.57. The van der Waals surface area contributed by atoms with E-state index < -0.39 is 0 Å². The van der Waals surface area contributed by atoms with Crippen LogP contribution in [0.15, 0.2) is 12.4 Å². The molecule has 2 heterocycles. The van der Waals surface area contributed by atoms with Crippen LogP contribution in [0, 0.1) is 6.92 Å². The van der Waals surface area contributed by atoms with Gasteiger partial charge in [-0.15, -0.1) is 0 Å². The molecule has 5 nitrogen and oxygen atoms in total. The maximum atomic E-state index is 11.5. The lowest BCUT2D eigenvalue weighted by Gasteiger charge is -2.01. The molecule has 0 spiro atoms. The molecule has 0 aromatic carbocycles. The first-order chi connectivity index (χ1) is 7.13.